The number of hydrogen-bond donors (Lipinski definition) is 1. The van der Waals surface area contributed by atoms with Gasteiger partial charge in [0, 0.05) is 25.2 Å². The number of sulfone groups is 1. The van der Waals surface area contributed by atoms with Gasteiger partial charge in [-0.3, -0.25) is 0 Å². The van der Waals surface area contributed by atoms with Crippen LogP contribution in [-0.2, 0) is 14.6 Å². The normalized spacial score (nSPS) is 21.2. The average Bonchev–Trinajstić information content (AvgIpc) is 2.37. The molecule has 2 unspecified atom stereocenters. The van der Waals surface area contributed by atoms with Crippen LogP contribution in [0.1, 0.15) is 44.9 Å². The van der Waals surface area contributed by atoms with Gasteiger partial charge in [-0.2, -0.15) is 0 Å². The van der Waals surface area contributed by atoms with Crippen LogP contribution in [0.5, 0.6) is 0 Å². The highest BCUT2D eigenvalue weighted by Crippen LogP contribution is 2.30. The van der Waals surface area contributed by atoms with Crippen LogP contribution in [0.3, 0.4) is 0 Å². The molecule has 1 saturated carbocycles. The first-order valence-electron chi connectivity index (χ1n) is 7.35. The highest BCUT2D eigenvalue weighted by Gasteiger charge is 2.29. The maximum Gasteiger partial charge on any atom is 0.147 e. The summed E-state index contributed by atoms with van der Waals surface area (Å²) in [6.07, 6.45) is 9.49. The summed E-state index contributed by atoms with van der Waals surface area (Å²) < 4.78 is 28.1. The summed E-state index contributed by atoms with van der Waals surface area (Å²) >= 11 is 0. The number of likely N-dealkylation sites (N-methyl/N-ethyl adjacent to an activating group) is 1. The van der Waals surface area contributed by atoms with Gasteiger partial charge >= 0.3 is 0 Å². The van der Waals surface area contributed by atoms with Crippen LogP contribution in [0, 0.1) is 5.92 Å². The minimum atomic E-state index is -2.85. The molecule has 0 heterocycles. The number of rotatable bonds is 8. The highest BCUT2D eigenvalue weighted by molar-refractivity contribution is 7.90. The van der Waals surface area contributed by atoms with E-state index in [0.29, 0.717) is 12.3 Å². The lowest BCUT2D eigenvalue weighted by molar-refractivity contribution is 0.00788. The molecule has 0 amide bonds. The minimum absolute atomic E-state index is 0.213. The van der Waals surface area contributed by atoms with E-state index >= 15 is 0 Å². The summed E-state index contributed by atoms with van der Waals surface area (Å²) in [6.45, 7) is 0. The van der Waals surface area contributed by atoms with Crippen LogP contribution in [0.25, 0.3) is 0 Å². The number of nitrogens with one attached hydrogen (secondary N) is 1. The minimum Gasteiger partial charge on any atom is -0.380 e. The molecule has 0 bridgehead atoms. The molecule has 114 valence electrons. The first-order chi connectivity index (χ1) is 8.98. The van der Waals surface area contributed by atoms with E-state index in [4.69, 9.17) is 4.74 Å². The fourth-order valence-electron chi connectivity index (χ4n) is 3.19. The Morgan fingerprint density at radius 3 is 2.37 bits per heavy atom. The Labute approximate surface area is 118 Å². The third kappa shape index (κ3) is 6.23. The molecule has 1 rings (SSSR count). The van der Waals surface area contributed by atoms with Gasteiger partial charge < -0.3 is 10.1 Å². The Balaban J connectivity index is 2.49. The molecule has 2 atom stereocenters. The van der Waals surface area contributed by atoms with Crippen LogP contribution in [-0.4, -0.2) is 46.7 Å². The lowest BCUT2D eigenvalue weighted by Crippen LogP contribution is -2.44. The molecular formula is C14H29NO3S. The molecule has 0 aromatic carbocycles. The second-order valence-corrected chi connectivity index (χ2v) is 8.03. The molecular weight excluding hydrogens is 262 g/mol. The van der Waals surface area contributed by atoms with Crippen molar-refractivity contribution >= 4 is 9.84 Å². The quantitative estimate of drug-likeness (QED) is 0.743. The summed E-state index contributed by atoms with van der Waals surface area (Å²) in [7, 11) is 0.868. The van der Waals surface area contributed by atoms with E-state index in [0.717, 1.165) is 6.42 Å². The van der Waals surface area contributed by atoms with Crippen LogP contribution in [0.4, 0.5) is 0 Å². The van der Waals surface area contributed by atoms with Crippen molar-refractivity contribution in [2.24, 2.45) is 5.92 Å². The molecule has 1 aliphatic carbocycles. The number of methoxy groups -OCH3 is 1. The van der Waals surface area contributed by atoms with Crippen molar-refractivity contribution in [1.82, 2.24) is 5.32 Å². The third-order valence-electron chi connectivity index (χ3n) is 4.18. The Hall–Kier alpha value is -0.130. The molecule has 1 aliphatic rings. The standard InChI is InChI=1S/C14H29NO3S/c1-15-13(10-7-11-19(3,16)17)14(18-2)12-8-5-4-6-9-12/h12-15H,4-11H2,1-3H3. The molecule has 0 aliphatic heterocycles. The lowest BCUT2D eigenvalue weighted by Gasteiger charge is -2.34. The third-order valence-corrected chi connectivity index (χ3v) is 5.21. The van der Waals surface area contributed by atoms with Gasteiger partial charge in [0.2, 0.25) is 0 Å². The van der Waals surface area contributed by atoms with Gasteiger partial charge in [0.05, 0.1) is 6.10 Å². The van der Waals surface area contributed by atoms with Crippen molar-refractivity contribution < 1.29 is 13.2 Å². The van der Waals surface area contributed by atoms with Gasteiger partial charge in [-0.05, 0) is 38.6 Å². The van der Waals surface area contributed by atoms with Crippen molar-refractivity contribution in [2.75, 3.05) is 26.2 Å². The van der Waals surface area contributed by atoms with Gasteiger partial charge in [-0.1, -0.05) is 19.3 Å². The second kappa shape index (κ2) is 8.22. The van der Waals surface area contributed by atoms with Crippen LogP contribution in [0.2, 0.25) is 0 Å². The Kier molecular flexibility index (Phi) is 7.32. The fraction of sp³-hybridized carbons (Fsp3) is 1.00. The van der Waals surface area contributed by atoms with E-state index in [-0.39, 0.29) is 17.9 Å². The monoisotopic (exact) mass is 291 g/mol. The van der Waals surface area contributed by atoms with E-state index in [1.54, 1.807) is 7.11 Å². The molecule has 0 aromatic heterocycles. The van der Waals surface area contributed by atoms with Crippen molar-refractivity contribution in [3.63, 3.8) is 0 Å². The molecule has 5 heteroatoms. The van der Waals surface area contributed by atoms with E-state index in [1.165, 1.54) is 38.4 Å². The van der Waals surface area contributed by atoms with Crippen LogP contribution < -0.4 is 5.32 Å². The molecule has 1 N–H and O–H groups in total. The summed E-state index contributed by atoms with van der Waals surface area (Å²) in [6, 6.07) is 0.259. The SMILES string of the molecule is CNC(CCCS(C)(=O)=O)C(OC)C1CCCCC1. The smallest absolute Gasteiger partial charge is 0.147 e. The van der Waals surface area contributed by atoms with E-state index in [1.807, 2.05) is 7.05 Å². The van der Waals surface area contributed by atoms with Gasteiger partial charge in [0.15, 0.2) is 0 Å². The fourth-order valence-corrected chi connectivity index (χ4v) is 3.88. The van der Waals surface area contributed by atoms with Crippen molar-refractivity contribution in [1.29, 1.82) is 0 Å². The zero-order valence-corrected chi connectivity index (χ0v) is 13.3. The highest BCUT2D eigenvalue weighted by atomic mass is 32.2. The topological polar surface area (TPSA) is 55.4 Å². The largest absolute Gasteiger partial charge is 0.380 e. The molecule has 0 aromatic rings. The second-order valence-electron chi connectivity index (χ2n) is 5.77. The zero-order chi connectivity index (χ0) is 14.3. The van der Waals surface area contributed by atoms with Gasteiger partial charge in [0.1, 0.15) is 9.84 Å². The predicted octanol–water partition coefficient (Wildman–Crippen LogP) is 1.99. The summed E-state index contributed by atoms with van der Waals surface area (Å²) in [5, 5.41) is 3.32. The maximum absolute atomic E-state index is 11.2. The summed E-state index contributed by atoms with van der Waals surface area (Å²) in [5.74, 6) is 0.890. The van der Waals surface area contributed by atoms with E-state index in [9.17, 15) is 8.42 Å². The predicted molar refractivity (Wildman–Crippen MR) is 79.2 cm³/mol. The molecule has 0 spiro atoms. The lowest BCUT2D eigenvalue weighted by atomic mass is 9.81. The zero-order valence-electron chi connectivity index (χ0n) is 12.5. The number of hydrogen-bond acceptors (Lipinski definition) is 4. The average molecular weight is 291 g/mol. The van der Waals surface area contributed by atoms with Crippen molar-refractivity contribution in [2.45, 2.75) is 57.1 Å². The van der Waals surface area contributed by atoms with Crippen LogP contribution >= 0.6 is 0 Å². The molecule has 0 saturated heterocycles. The van der Waals surface area contributed by atoms with E-state index < -0.39 is 9.84 Å². The number of ether oxygens (including phenoxy) is 1. The Morgan fingerprint density at radius 2 is 1.89 bits per heavy atom. The summed E-state index contributed by atoms with van der Waals surface area (Å²) in [4.78, 5) is 0. The molecule has 0 radical (unpaired) electrons. The summed E-state index contributed by atoms with van der Waals surface area (Å²) in [5.41, 5.74) is 0. The van der Waals surface area contributed by atoms with Gasteiger partial charge in [0.25, 0.3) is 0 Å². The molecule has 4 nitrogen and oxygen atoms in total. The Morgan fingerprint density at radius 1 is 1.26 bits per heavy atom. The Bertz CT molecular complexity index is 337. The molecule has 1 fully saturated rings. The molecule has 19 heavy (non-hydrogen) atoms. The van der Waals surface area contributed by atoms with Crippen molar-refractivity contribution in [3.8, 4) is 0 Å². The maximum atomic E-state index is 11.2. The van der Waals surface area contributed by atoms with Gasteiger partial charge in [-0.25, -0.2) is 8.42 Å². The first kappa shape index (κ1) is 16.9. The first-order valence-corrected chi connectivity index (χ1v) is 9.41. The van der Waals surface area contributed by atoms with Crippen molar-refractivity contribution in [3.05, 3.63) is 0 Å². The van der Waals surface area contributed by atoms with Gasteiger partial charge in [-0.15, -0.1) is 0 Å². The van der Waals surface area contributed by atoms with E-state index in [2.05, 4.69) is 5.32 Å². The van der Waals surface area contributed by atoms with Crippen LogP contribution in [0.15, 0.2) is 0 Å².